The van der Waals surface area contributed by atoms with Crippen molar-refractivity contribution >= 4 is 15.7 Å². The van der Waals surface area contributed by atoms with Crippen LogP contribution in [0.25, 0.3) is 5.69 Å². The number of nitrogens with zero attached hydrogens (tertiary/aromatic N) is 1. The van der Waals surface area contributed by atoms with Crippen LogP contribution in [0.2, 0.25) is 0 Å². The second-order valence-electron chi connectivity index (χ2n) is 5.38. The van der Waals surface area contributed by atoms with Crippen LogP contribution in [0.5, 0.6) is 11.5 Å². The number of anilines is 1. The standard InChI is InChI=1S/C18H17FN2O4S/c1-24-14-6-8-17(25-2)18(12-14)26(22,23)20-16-11-13(5-7-15(16)19)21-9-3-4-10-21/h3-12,20H,1-2H3. The summed E-state index contributed by atoms with van der Waals surface area (Å²) in [4.78, 5) is -0.148. The molecule has 2 aromatic carbocycles. The molecule has 0 amide bonds. The Balaban J connectivity index is 2.02. The molecule has 0 unspecified atom stereocenters. The number of ether oxygens (including phenoxy) is 2. The fraction of sp³-hybridized carbons (Fsp3) is 0.111. The Morgan fingerprint density at radius 3 is 2.38 bits per heavy atom. The van der Waals surface area contributed by atoms with Crippen molar-refractivity contribution in [3.05, 3.63) is 66.7 Å². The maximum atomic E-state index is 14.2. The summed E-state index contributed by atoms with van der Waals surface area (Å²) in [6.07, 6.45) is 3.55. The fourth-order valence-corrected chi connectivity index (χ4v) is 3.70. The van der Waals surface area contributed by atoms with Gasteiger partial charge in [-0.05, 0) is 42.5 Å². The normalized spacial score (nSPS) is 11.2. The molecule has 1 heterocycles. The van der Waals surface area contributed by atoms with Gasteiger partial charge in [0.1, 0.15) is 22.2 Å². The number of hydrogen-bond acceptors (Lipinski definition) is 4. The molecular formula is C18H17FN2O4S. The first-order valence-corrected chi connectivity index (χ1v) is 9.10. The summed E-state index contributed by atoms with van der Waals surface area (Å²) >= 11 is 0. The maximum Gasteiger partial charge on any atom is 0.265 e. The molecule has 26 heavy (non-hydrogen) atoms. The van der Waals surface area contributed by atoms with E-state index in [1.54, 1.807) is 29.1 Å². The SMILES string of the molecule is COc1ccc(OC)c(S(=O)(=O)Nc2cc(-n3cccc3)ccc2F)c1. The number of rotatable bonds is 6. The minimum atomic E-state index is -4.10. The van der Waals surface area contributed by atoms with E-state index in [-0.39, 0.29) is 16.3 Å². The predicted octanol–water partition coefficient (Wildman–Crippen LogP) is 3.43. The average Bonchev–Trinajstić information content (AvgIpc) is 3.17. The van der Waals surface area contributed by atoms with Gasteiger partial charge in [0.05, 0.1) is 19.9 Å². The molecule has 136 valence electrons. The van der Waals surface area contributed by atoms with Crippen molar-refractivity contribution in [1.82, 2.24) is 4.57 Å². The van der Waals surface area contributed by atoms with Gasteiger partial charge in [0.15, 0.2) is 0 Å². The van der Waals surface area contributed by atoms with Gasteiger partial charge in [-0.2, -0.15) is 0 Å². The molecule has 1 N–H and O–H groups in total. The summed E-state index contributed by atoms with van der Waals surface area (Å²) in [5.41, 5.74) is 0.452. The number of benzene rings is 2. The fourth-order valence-electron chi connectivity index (χ4n) is 2.45. The molecule has 6 nitrogen and oxygen atoms in total. The van der Waals surface area contributed by atoms with E-state index in [9.17, 15) is 12.8 Å². The molecule has 0 bridgehead atoms. The highest BCUT2D eigenvalue weighted by atomic mass is 32.2. The molecule has 0 aliphatic heterocycles. The Morgan fingerprint density at radius 1 is 1.00 bits per heavy atom. The lowest BCUT2D eigenvalue weighted by molar-refractivity contribution is 0.392. The maximum absolute atomic E-state index is 14.2. The van der Waals surface area contributed by atoms with Gasteiger partial charge in [0, 0.05) is 24.1 Å². The third-order valence-corrected chi connectivity index (χ3v) is 5.14. The van der Waals surface area contributed by atoms with Crippen LogP contribution < -0.4 is 14.2 Å². The van der Waals surface area contributed by atoms with E-state index in [2.05, 4.69) is 4.72 Å². The molecule has 0 spiro atoms. The Hall–Kier alpha value is -3.00. The first kappa shape index (κ1) is 17.8. The largest absolute Gasteiger partial charge is 0.497 e. The van der Waals surface area contributed by atoms with Gasteiger partial charge in [-0.1, -0.05) is 0 Å². The molecule has 0 aliphatic rings. The highest BCUT2D eigenvalue weighted by molar-refractivity contribution is 7.92. The van der Waals surface area contributed by atoms with Crippen LogP contribution in [0.1, 0.15) is 0 Å². The Bertz CT molecular complexity index is 1020. The van der Waals surface area contributed by atoms with Gasteiger partial charge >= 0.3 is 0 Å². The minimum absolute atomic E-state index is 0.125. The van der Waals surface area contributed by atoms with E-state index in [0.29, 0.717) is 11.4 Å². The molecule has 1 aromatic heterocycles. The molecule has 0 atom stereocenters. The molecule has 0 saturated carbocycles. The first-order chi connectivity index (χ1) is 12.4. The zero-order valence-electron chi connectivity index (χ0n) is 14.1. The highest BCUT2D eigenvalue weighted by Crippen LogP contribution is 2.30. The van der Waals surface area contributed by atoms with Gasteiger partial charge in [-0.15, -0.1) is 0 Å². The third-order valence-electron chi connectivity index (χ3n) is 3.76. The van der Waals surface area contributed by atoms with E-state index in [1.807, 2.05) is 12.1 Å². The minimum Gasteiger partial charge on any atom is -0.497 e. The zero-order chi connectivity index (χ0) is 18.7. The lowest BCUT2D eigenvalue weighted by Gasteiger charge is -2.14. The number of sulfonamides is 1. The summed E-state index contributed by atoms with van der Waals surface area (Å²) in [7, 11) is -1.32. The number of nitrogens with one attached hydrogen (secondary N) is 1. The summed E-state index contributed by atoms with van der Waals surface area (Å²) in [6.45, 7) is 0. The van der Waals surface area contributed by atoms with Crippen LogP contribution in [-0.4, -0.2) is 27.2 Å². The van der Waals surface area contributed by atoms with Crippen molar-refractivity contribution in [2.45, 2.75) is 4.90 Å². The van der Waals surface area contributed by atoms with E-state index < -0.39 is 15.8 Å². The molecule has 0 aliphatic carbocycles. The lowest BCUT2D eigenvalue weighted by Crippen LogP contribution is -2.15. The van der Waals surface area contributed by atoms with Crippen molar-refractivity contribution in [3.8, 4) is 17.2 Å². The van der Waals surface area contributed by atoms with Crippen LogP contribution >= 0.6 is 0 Å². The molecule has 0 saturated heterocycles. The summed E-state index contributed by atoms with van der Waals surface area (Å²) < 4.78 is 53.9. The van der Waals surface area contributed by atoms with Gasteiger partial charge in [0.2, 0.25) is 0 Å². The highest BCUT2D eigenvalue weighted by Gasteiger charge is 2.22. The van der Waals surface area contributed by atoms with E-state index >= 15 is 0 Å². The van der Waals surface area contributed by atoms with Gasteiger partial charge in [-0.3, -0.25) is 4.72 Å². The number of aromatic nitrogens is 1. The summed E-state index contributed by atoms with van der Waals surface area (Å²) in [6, 6.07) is 12.2. The average molecular weight is 376 g/mol. The quantitative estimate of drug-likeness (QED) is 0.716. The summed E-state index contributed by atoms with van der Waals surface area (Å²) in [5.74, 6) is -0.223. The first-order valence-electron chi connectivity index (χ1n) is 7.62. The predicted molar refractivity (Wildman–Crippen MR) is 96.1 cm³/mol. The van der Waals surface area contributed by atoms with Crippen molar-refractivity contribution in [2.75, 3.05) is 18.9 Å². The zero-order valence-corrected chi connectivity index (χ0v) is 15.0. The monoisotopic (exact) mass is 376 g/mol. The topological polar surface area (TPSA) is 69.6 Å². The molecule has 0 radical (unpaired) electrons. The van der Waals surface area contributed by atoms with Crippen molar-refractivity contribution in [2.24, 2.45) is 0 Å². The smallest absolute Gasteiger partial charge is 0.265 e. The van der Waals surface area contributed by atoms with Crippen LogP contribution in [-0.2, 0) is 10.0 Å². The molecule has 3 aromatic rings. The molecular weight excluding hydrogens is 359 g/mol. The van der Waals surface area contributed by atoms with Crippen molar-refractivity contribution < 1.29 is 22.3 Å². The molecule has 8 heteroatoms. The Kier molecular flexibility index (Phi) is 4.85. The Morgan fingerprint density at radius 2 is 1.73 bits per heavy atom. The summed E-state index contributed by atoms with van der Waals surface area (Å²) in [5, 5.41) is 0. The Labute approximate surface area is 150 Å². The van der Waals surface area contributed by atoms with Gasteiger partial charge in [-0.25, -0.2) is 12.8 Å². The number of halogens is 1. The van der Waals surface area contributed by atoms with E-state index in [0.717, 1.165) is 0 Å². The van der Waals surface area contributed by atoms with E-state index in [1.165, 1.54) is 38.5 Å². The molecule has 3 rings (SSSR count). The van der Waals surface area contributed by atoms with Crippen LogP contribution in [0.4, 0.5) is 10.1 Å². The van der Waals surface area contributed by atoms with Crippen LogP contribution in [0.3, 0.4) is 0 Å². The second-order valence-corrected chi connectivity index (χ2v) is 7.03. The second kappa shape index (κ2) is 7.09. The van der Waals surface area contributed by atoms with Crippen LogP contribution in [0.15, 0.2) is 65.8 Å². The van der Waals surface area contributed by atoms with Crippen molar-refractivity contribution in [3.63, 3.8) is 0 Å². The van der Waals surface area contributed by atoms with Crippen molar-refractivity contribution in [1.29, 1.82) is 0 Å². The molecule has 0 fully saturated rings. The van der Waals surface area contributed by atoms with Gasteiger partial charge < -0.3 is 14.0 Å². The van der Waals surface area contributed by atoms with Gasteiger partial charge in [0.25, 0.3) is 10.0 Å². The van der Waals surface area contributed by atoms with E-state index in [4.69, 9.17) is 9.47 Å². The number of hydrogen-bond donors (Lipinski definition) is 1. The van der Waals surface area contributed by atoms with Crippen LogP contribution in [0, 0.1) is 5.82 Å². The third kappa shape index (κ3) is 3.50. The number of methoxy groups -OCH3 is 2. The lowest BCUT2D eigenvalue weighted by atomic mass is 10.2.